The zero-order valence-electron chi connectivity index (χ0n) is 20.4. The van der Waals surface area contributed by atoms with Gasteiger partial charge in [-0.15, -0.1) is 0 Å². The minimum absolute atomic E-state index is 0.00481. The maximum absolute atomic E-state index is 12.2. The molecule has 0 saturated carbocycles. The van der Waals surface area contributed by atoms with Gasteiger partial charge in [0.1, 0.15) is 17.3 Å². The number of carboxylic acids is 1. The number of aryl methyl sites for hydroxylation is 2. The lowest BCUT2D eigenvalue weighted by atomic mass is 10.0. The number of rotatable bonds is 6. The van der Waals surface area contributed by atoms with Gasteiger partial charge in [-0.05, 0) is 36.1 Å². The molecule has 1 aliphatic carbocycles. The summed E-state index contributed by atoms with van der Waals surface area (Å²) in [6, 6.07) is 18.9. The monoisotopic (exact) mass is 474 g/mol. The quantitative estimate of drug-likeness (QED) is 0.373. The molecule has 2 N–H and O–H groups in total. The van der Waals surface area contributed by atoms with Crippen molar-refractivity contribution in [2.24, 2.45) is 0 Å². The molecule has 35 heavy (non-hydrogen) atoms. The van der Waals surface area contributed by atoms with Gasteiger partial charge < -0.3 is 19.7 Å². The minimum atomic E-state index is -0.844. The number of ether oxygens (including phenoxy) is 2. The molecular formula is C29H30O6. The Morgan fingerprint density at radius 3 is 1.89 bits per heavy atom. The fraction of sp³-hybridized carbons (Fsp3) is 0.241. The first-order valence-electron chi connectivity index (χ1n) is 11.3. The Balaban J connectivity index is 0.000000225. The molecule has 0 aromatic heterocycles. The van der Waals surface area contributed by atoms with Crippen LogP contribution in [-0.4, -0.2) is 36.2 Å². The number of carboxylic acid groups (broad SMARTS) is 1. The van der Waals surface area contributed by atoms with Gasteiger partial charge in [0.2, 0.25) is 0 Å². The van der Waals surface area contributed by atoms with Gasteiger partial charge in [-0.25, -0.2) is 0 Å². The van der Waals surface area contributed by atoms with Crippen LogP contribution < -0.4 is 9.47 Å². The average Bonchev–Trinajstić information content (AvgIpc) is 3.15. The summed E-state index contributed by atoms with van der Waals surface area (Å²) in [6.45, 7) is 3.85. The van der Waals surface area contributed by atoms with E-state index in [0.717, 1.165) is 39.1 Å². The van der Waals surface area contributed by atoms with Gasteiger partial charge in [-0.1, -0.05) is 60.7 Å². The molecule has 0 radical (unpaired) electrons. The molecule has 0 saturated heterocycles. The standard InChI is InChI=1S/C19H18O3.C10H12O3/c1-12-6-5-8-14(19(12)22-2)11-17(21)18-15-9-4-3-7-13(15)10-16(18)20;1-7-4-3-5-8(6-9(11)12)10(7)13-2/h3-9,21H,10-11H2,1-2H3;3-5H,6H2,1-2H3,(H,11,12). The molecule has 6 heteroatoms. The molecule has 3 aromatic rings. The number of ketones is 1. The molecule has 0 fully saturated rings. The SMILES string of the molecule is COc1c(C)cccc1CC(=O)O.COc1c(C)cccc1CC(O)=C1C(=O)Cc2ccccc21. The van der Waals surface area contributed by atoms with Crippen LogP contribution in [0, 0.1) is 13.8 Å². The molecule has 0 aliphatic heterocycles. The van der Waals surface area contributed by atoms with Crippen LogP contribution in [0.5, 0.6) is 11.5 Å². The van der Waals surface area contributed by atoms with E-state index in [0.29, 0.717) is 24.2 Å². The number of fused-ring (bicyclic) bond motifs is 1. The average molecular weight is 475 g/mol. The largest absolute Gasteiger partial charge is 0.511 e. The Labute approximate surface area is 205 Å². The van der Waals surface area contributed by atoms with E-state index in [2.05, 4.69) is 0 Å². The normalized spacial score (nSPS) is 13.4. The highest BCUT2D eigenvalue weighted by molar-refractivity contribution is 6.25. The number of hydrogen-bond donors (Lipinski definition) is 2. The van der Waals surface area contributed by atoms with Crippen molar-refractivity contribution in [1.29, 1.82) is 0 Å². The number of methoxy groups -OCH3 is 2. The number of carbonyl (C=O) groups is 2. The first kappa shape index (κ1) is 25.6. The Bertz CT molecular complexity index is 1270. The Hall–Kier alpha value is -4.06. The van der Waals surface area contributed by atoms with E-state index in [-0.39, 0.29) is 18.0 Å². The van der Waals surface area contributed by atoms with Crippen LogP contribution in [0.1, 0.15) is 33.4 Å². The zero-order valence-corrected chi connectivity index (χ0v) is 20.4. The van der Waals surface area contributed by atoms with Gasteiger partial charge in [-0.2, -0.15) is 0 Å². The van der Waals surface area contributed by atoms with Crippen LogP contribution in [0.15, 0.2) is 66.4 Å². The van der Waals surface area contributed by atoms with Gasteiger partial charge in [0.05, 0.1) is 26.2 Å². The van der Waals surface area contributed by atoms with Gasteiger partial charge in [0.25, 0.3) is 0 Å². The third-order valence-electron chi connectivity index (χ3n) is 5.90. The zero-order chi connectivity index (χ0) is 25.5. The molecule has 6 nitrogen and oxygen atoms in total. The molecule has 0 unspecified atom stereocenters. The fourth-order valence-corrected chi connectivity index (χ4v) is 4.37. The lowest BCUT2D eigenvalue weighted by Crippen LogP contribution is -2.03. The van der Waals surface area contributed by atoms with Crippen LogP contribution >= 0.6 is 0 Å². The number of benzene rings is 3. The molecular weight excluding hydrogens is 444 g/mol. The summed E-state index contributed by atoms with van der Waals surface area (Å²) >= 11 is 0. The Morgan fingerprint density at radius 2 is 1.34 bits per heavy atom. The van der Waals surface area contributed by atoms with Crippen LogP contribution in [0.25, 0.3) is 5.57 Å². The summed E-state index contributed by atoms with van der Waals surface area (Å²) in [5, 5.41) is 19.2. The summed E-state index contributed by atoms with van der Waals surface area (Å²) in [5.74, 6) is 0.673. The van der Waals surface area contributed by atoms with E-state index in [1.807, 2.05) is 68.4 Å². The minimum Gasteiger partial charge on any atom is -0.511 e. The van der Waals surface area contributed by atoms with Crippen molar-refractivity contribution in [1.82, 2.24) is 0 Å². The lowest BCUT2D eigenvalue weighted by Gasteiger charge is -2.12. The van der Waals surface area contributed by atoms with Crippen molar-refractivity contribution in [3.63, 3.8) is 0 Å². The summed E-state index contributed by atoms with van der Waals surface area (Å²) in [5.41, 5.74) is 5.83. The molecule has 1 aliphatic rings. The van der Waals surface area contributed by atoms with E-state index in [4.69, 9.17) is 14.6 Å². The highest BCUT2D eigenvalue weighted by Crippen LogP contribution is 2.33. The number of aliphatic carboxylic acids is 1. The smallest absolute Gasteiger partial charge is 0.307 e. The highest BCUT2D eigenvalue weighted by atomic mass is 16.5. The second-order valence-corrected chi connectivity index (χ2v) is 8.36. The van der Waals surface area contributed by atoms with Crippen molar-refractivity contribution < 1.29 is 29.3 Å². The van der Waals surface area contributed by atoms with E-state index in [1.54, 1.807) is 20.3 Å². The second-order valence-electron chi connectivity index (χ2n) is 8.36. The third-order valence-corrected chi connectivity index (χ3v) is 5.90. The van der Waals surface area contributed by atoms with E-state index < -0.39 is 5.97 Å². The second kappa shape index (κ2) is 11.4. The molecule has 0 bridgehead atoms. The summed E-state index contributed by atoms with van der Waals surface area (Å²) in [6.07, 6.45) is 0.658. The topological polar surface area (TPSA) is 93.1 Å². The molecule has 0 amide bonds. The molecule has 3 aromatic carbocycles. The van der Waals surface area contributed by atoms with Crippen molar-refractivity contribution >= 4 is 17.3 Å². The van der Waals surface area contributed by atoms with E-state index in [9.17, 15) is 14.7 Å². The number of allylic oxidation sites excluding steroid dienone is 2. The third kappa shape index (κ3) is 5.90. The summed E-state index contributed by atoms with van der Waals surface area (Å²) in [7, 11) is 3.17. The number of aliphatic hydroxyl groups excluding tert-OH is 1. The van der Waals surface area contributed by atoms with Crippen LogP contribution in [0.2, 0.25) is 0 Å². The molecule has 0 spiro atoms. The molecule has 0 heterocycles. The first-order valence-corrected chi connectivity index (χ1v) is 11.3. The van der Waals surface area contributed by atoms with E-state index >= 15 is 0 Å². The number of para-hydroxylation sites is 2. The van der Waals surface area contributed by atoms with E-state index in [1.165, 1.54) is 0 Å². The fourth-order valence-electron chi connectivity index (χ4n) is 4.37. The lowest BCUT2D eigenvalue weighted by molar-refractivity contribution is -0.136. The van der Waals surface area contributed by atoms with Crippen LogP contribution in [0.3, 0.4) is 0 Å². The highest BCUT2D eigenvalue weighted by Gasteiger charge is 2.27. The van der Waals surface area contributed by atoms with Crippen LogP contribution in [-0.2, 0) is 28.9 Å². The van der Waals surface area contributed by atoms with Gasteiger partial charge in [-0.3, -0.25) is 9.59 Å². The van der Waals surface area contributed by atoms with Crippen LogP contribution in [0.4, 0.5) is 0 Å². The van der Waals surface area contributed by atoms with Gasteiger partial charge in [0, 0.05) is 24.0 Å². The van der Waals surface area contributed by atoms with Gasteiger partial charge in [0.15, 0.2) is 5.78 Å². The summed E-state index contributed by atoms with van der Waals surface area (Å²) in [4.78, 5) is 22.7. The molecule has 182 valence electrons. The molecule has 0 atom stereocenters. The predicted molar refractivity (Wildman–Crippen MR) is 135 cm³/mol. The van der Waals surface area contributed by atoms with Crippen molar-refractivity contribution in [2.75, 3.05) is 14.2 Å². The van der Waals surface area contributed by atoms with Crippen molar-refractivity contribution in [3.8, 4) is 11.5 Å². The number of carbonyl (C=O) groups excluding carboxylic acids is 1. The predicted octanol–water partition coefficient (Wildman–Crippen LogP) is 5.27. The number of hydrogen-bond acceptors (Lipinski definition) is 5. The number of aliphatic hydroxyl groups is 1. The maximum atomic E-state index is 12.2. The number of Topliss-reactive ketones (excluding diaryl/α,β-unsaturated/α-hetero) is 1. The first-order chi connectivity index (χ1) is 16.8. The molecule has 4 rings (SSSR count). The Morgan fingerprint density at radius 1 is 0.800 bits per heavy atom. The van der Waals surface area contributed by atoms with Crippen molar-refractivity contribution in [2.45, 2.75) is 33.1 Å². The van der Waals surface area contributed by atoms with Crippen molar-refractivity contribution in [3.05, 3.63) is 99.8 Å². The summed E-state index contributed by atoms with van der Waals surface area (Å²) < 4.78 is 10.5. The maximum Gasteiger partial charge on any atom is 0.307 e. The Kier molecular flexibility index (Phi) is 8.31. The van der Waals surface area contributed by atoms with Gasteiger partial charge >= 0.3 is 5.97 Å².